The van der Waals surface area contributed by atoms with Gasteiger partial charge in [0.1, 0.15) is 0 Å². The molecular formula is C19H26N4O2. The van der Waals surface area contributed by atoms with E-state index >= 15 is 0 Å². The van der Waals surface area contributed by atoms with Gasteiger partial charge in [0.05, 0.1) is 17.9 Å². The lowest BCUT2D eigenvalue weighted by molar-refractivity contribution is 0.0239. The first-order valence-corrected chi connectivity index (χ1v) is 8.98. The highest BCUT2D eigenvalue weighted by atomic mass is 16.3. The maximum absolute atomic E-state index is 12.8. The van der Waals surface area contributed by atoms with Gasteiger partial charge >= 0.3 is 0 Å². The number of nitrogens with one attached hydrogen (secondary N) is 1. The van der Waals surface area contributed by atoms with Crippen molar-refractivity contribution in [3.05, 3.63) is 47.5 Å². The Balaban J connectivity index is 1.72. The molecule has 0 radical (unpaired) electrons. The van der Waals surface area contributed by atoms with Crippen LogP contribution >= 0.6 is 0 Å². The maximum atomic E-state index is 12.8. The number of hydrogen-bond acceptors (Lipinski definition) is 4. The molecular weight excluding hydrogens is 316 g/mol. The lowest BCUT2D eigenvalue weighted by Crippen LogP contribution is -2.48. The van der Waals surface area contributed by atoms with Crippen LogP contribution in [0, 0.1) is 12.8 Å². The van der Waals surface area contributed by atoms with E-state index in [1.165, 1.54) is 0 Å². The lowest BCUT2D eigenvalue weighted by Gasteiger charge is -2.38. The molecule has 0 bridgehead atoms. The molecule has 1 unspecified atom stereocenters. The monoisotopic (exact) mass is 342 g/mol. The Bertz CT molecular complexity index is 707. The highest BCUT2D eigenvalue weighted by Crippen LogP contribution is 2.32. The fourth-order valence-corrected chi connectivity index (χ4v) is 3.42. The molecule has 6 nitrogen and oxygen atoms in total. The molecule has 1 saturated carbocycles. The number of carbonyl (C=O) groups is 1. The summed E-state index contributed by atoms with van der Waals surface area (Å²) in [4.78, 5) is 16.8. The number of rotatable bonds is 7. The van der Waals surface area contributed by atoms with E-state index in [9.17, 15) is 9.90 Å². The maximum Gasteiger partial charge on any atom is 0.254 e. The molecule has 1 atom stereocenters. The molecule has 2 heterocycles. The zero-order valence-electron chi connectivity index (χ0n) is 14.9. The zero-order valence-corrected chi connectivity index (χ0v) is 14.9. The van der Waals surface area contributed by atoms with Crippen molar-refractivity contribution in [2.75, 3.05) is 0 Å². The normalized spacial score (nSPS) is 20.8. The van der Waals surface area contributed by atoms with Gasteiger partial charge in [0.15, 0.2) is 0 Å². The van der Waals surface area contributed by atoms with Crippen LogP contribution in [-0.2, 0) is 13.0 Å². The molecule has 6 heteroatoms. The van der Waals surface area contributed by atoms with Crippen LogP contribution in [0.5, 0.6) is 0 Å². The first-order chi connectivity index (χ1) is 12.1. The predicted molar refractivity (Wildman–Crippen MR) is 95.2 cm³/mol. The van der Waals surface area contributed by atoms with Crippen LogP contribution in [0.25, 0.3) is 0 Å². The molecule has 0 aromatic carbocycles. The third-order valence-corrected chi connectivity index (χ3v) is 5.02. The molecule has 1 amide bonds. The molecule has 1 aliphatic carbocycles. The summed E-state index contributed by atoms with van der Waals surface area (Å²) in [6.45, 7) is 4.84. The van der Waals surface area contributed by atoms with Crippen LogP contribution < -0.4 is 5.32 Å². The van der Waals surface area contributed by atoms with Gasteiger partial charge in [-0.05, 0) is 56.2 Å². The minimum atomic E-state index is -0.240. The zero-order chi connectivity index (χ0) is 17.8. The van der Waals surface area contributed by atoms with Crippen molar-refractivity contribution >= 4 is 5.91 Å². The summed E-state index contributed by atoms with van der Waals surface area (Å²) in [6, 6.07) is 3.95. The van der Waals surface area contributed by atoms with Crippen LogP contribution in [0.4, 0.5) is 0 Å². The lowest BCUT2D eigenvalue weighted by atomic mass is 9.75. The first kappa shape index (κ1) is 17.6. The fraction of sp³-hybridized carbons (Fsp3) is 0.526. The van der Waals surface area contributed by atoms with E-state index < -0.39 is 0 Å². The van der Waals surface area contributed by atoms with Gasteiger partial charge in [-0.1, -0.05) is 6.92 Å². The van der Waals surface area contributed by atoms with Crippen molar-refractivity contribution < 1.29 is 9.90 Å². The molecule has 134 valence electrons. The van der Waals surface area contributed by atoms with E-state index in [2.05, 4.69) is 22.3 Å². The number of nitrogens with zero attached hydrogens (tertiary/aromatic N) is 3. The molecule has 2 aromatic heterocycles. The number of aromatic nitrogens is 3. The van der Waals surface area contributed by atoms with Gasteiger partial charge in [0, 0.05) is 30.7 Å². The number of amides is 1. The average Bonchev–Trinajstić information content (AvgIpc) is 2.94. The number of hydrogen-bond donors (Lipinski definition) is 2. The Labute approximate surface area is 148 Å². The van der Waals surface area contributed by atoms with Gasteiger partial charge < -0.3 is 10.4 Å². The van der Waals surface area contributed by atoms with Gasteiger partial charge in [-0.25, -0.2) is 0 Å². The number of pyridine rings is 1. The van der Waals surface area contributed by atoms with Gasteiger partial charge in [-0.2, -0.15) is 5.10 Å². The molecule has 0 aliphatic heterocycles. The molecule has 1 fully saturated rings. The van der Waals surface area contributed by atoms with Crippen molar-refractivity contribution in [1.82, 2.24) is 20.1 Å². The standard InChI is InChI=1S/C19H26N4O2/c1-3-8-23-13(2)17(12-21-23)19(25)22-18(15-10-16(24)11-15)9-14-4-6-20-7-5-14/h4-7,12,15-16,18,24H,3,8-11H2,1-2H3,(H,22,25). The van der Waals surface area contributed by atoms with Crippen molar-refractivity contribution in [1.29, 1.82) is 0 Å². The minimum Gasteiger partial charge on any atom is -0.393 e. The van der Waals surface area contributed by atoms with Crippen LogP contribution in [0.2, 0.25) is 0 Å². The molecule has 3 rings (SSSR count). The number of aryl methyl sites for hydroxylation is 1. The summed E-state index contributed by atoms with van der Waals surface area (Å²) < 4.78 is 1.87. The highest BCUT2D eigenvalue weighted by molar-refractivity contribution is 5.95. The molecule has 1 aliphatic rings. The summed E-state index contributed by atoms with van der Waals surface area (Å²) >= 11 is 0. The fourth-order valence-electron chi connectivity index (χ4n) is 3.42. The van der Waals surface area contributed by atoms with Gasteiger partial charge in [0.25, 0.3) is 5.91 Å². The smallest absolute Gasteiger partial charge is 0.254 e. The molecule has 0 spiro atoms. The second kappa shape index (κ2) is 7.78. The Kier molecular flexibility index (Phi) is 5.48. The average molecular weight is 342 g/mol. The highest BCUT2D eigenvalue weighted by Gasteiger charge is 2.35. The summed E-state index contributed by atoms with van der Waals surface area (Å²) in [5, 5.41) is 17.1. The molecule has 2 N–H and O–H groups in total. The Morgan fingerprint density at radius 1 is 1.40 bits per heavy atom. The number of aliphatic hydroxyl groups is 1. The van der Waals surface area contributed by atoms with E-state index in [1.54, 1.807) is 18.6 Å². The Morgan fingerprint density at radius 2 is 2.12 bits per heavy atom. The molecule has 25 heavy (non-hydrogen) atoms. The topological polar surface area (TPSA) is 80.0 Å². The van der Waals surface area contributed by atoms with Crippen LogP contribution in [0.15, 0.2) is 30.7 Å². The van der Waals surface area contributed by atoms with E-state index in [-0.39, 0.29) is 18.1 Å². The van der Waals surface area contributed by atoms with Gasteiger partial charge in [-0.3, -0.25) is 14.5 Å². The molecule has 0 saturated heterocycles. The van der Waals surface area contributed by atoms with Crippen LogP contribution in [-0.4, -0.2) is 37.9 Å². The third kappa shape index (κ3) is 4.07. The second-order valence-corrected chi connectivity index (χ2v) is 6.89. The summed E-state index contributed by atoms with van der Waals surface area (Å²) in [5.74, 6) is 0.221. The summed E-state index contributed by atoms with van der Waals surface area (Å²) in [6.07, 6.45) is 8.15. The van der Waals surface area contributed by atoms with Crippen LogP contribution in [0.1, 0.15) is 47.8 Å². The summed E-state index contributed by atoms with van der Waals surface area (Å²) in [5.41, 5.74) is 2.67. The van der Waals surface area contributed by atoms with E-state index in [4.69, 9.17) is 0 Å². The van der Waals surface area contributed by atoms with Crippen LogP contribution in [0.3, 0.4) is 0 Å². The SMILES string of the molecule is CCCn1ncc(C(=O)NC(Cc2ccncc2)C2CC(O)C2)c1C. The Hall–Kier alpha value is -2.21. The predicted octanol–water partition coefficient (Wildman–Crippen LogP) is 2.11. The van der Waals surface area contributed by atoms with Crippen molar-refractivity contribution in [2.24, 2.45) is 5.92 Å². The van der Waals surface area contributed by atoms with E-state index in [0.29, 0.717) is 11.5 Å². The third-order valence-electron chi connectivity index (χ3n) is 5.02. The number of carbonyl (C=O) groups excluding carboxylic acids is 1. The summed E-state index contributed by atoms with van der Waals surface area (Å²) in [7, 11) is 0. The molecule has 2 aromatic rings. The quantitative estimate of drug-likeness (QED) is 0.808. The Morgan fingerprint density at radius 3 is 2.76 bits per heavy atom. The van der Waals surface area contributed by atoms with Crippen molar-refractivity contribution in [2.45, 2.75) is 58.2 Å². The van der Waals surface area contributed by atoms with Crippen molar-refractivity contribution in [3.63, 3.8) is 0 Å². The van der Waals surface area contributed by atoms with Gasteiger partial charge in [0.2, 0.25) is 0 Å². The van der Waals surface area contributed by atoms with E-state index in [0.717, 1.165) is 43.5 Å². The largest absolute Gasteiger partial charge is 0.393 e. The first-order valence-electron chi connectivity index (χ1n) is 8.98. The van der Waals surface area contributed by atoms with E-state index in [1.807, 2.05) is 23.7 Å². The number of aliphatic hydroxyl groups excluding tert-OH is 1. The van der Waals surface area contributed by atoms with Crippen molar-refractivity contribution in [3.8, 4) is 0 Å². The minimum absolute atomic E-state index is 0.00669. The second-order valence-electron chi connectivity index (χ2n) is 6.89. The van der Waals surface area contributed by atoms with Gasteiger partial charge in [-0.15, -0.1) is 0 Å².